The van der Waals surface area contributed by atoms with Gasteiger partial charge >= 0.3 is 6.03 Å². The second-order valence-corrected chi connectivity index (χ2v) is 6.56. The largest absolute Gasteiger partial charge is 0.395 e. The Balaban J connectivity index is 1.45. The summed E-state index contributed by atoms with van der Waals surface area (Å²) in [6.45, 7) is 1.10. The number of aliphatic hydroxyl groups is 1. The van der Waals surface area contributed by atoms with Crippen LogP contribution in [0.5, 0.6) is 0 Å². The van der Waals surface area contributed by atoms with E-state index in [9.17, 15) is 9.59 Å². The highest BCUT2D eigenvalue weighted by molar-refractivity contribution is 5.97. The van der Waals surface area contributed by atoms with Crippen LogP contribution >= 0.6 is 0 Å². The number of nitrogens with zero attached hydrogens (tertiary/aromatic N) is 3. The quantitative estimate of drug-likeness (QED) is 0.543. The molecule has 1 aromatic carbocycles. The number of hydrogen-bond donors (Lipinski definition) is 4. The molecule has 0 aliphatic carbocycles. The molecule has 9 heteroatoms. The van der Waals surface area contributed by atoms with Crippen molar-refractivity contribution in [2.75, 3.05) is 25.0 Å². The molecule has 0 fully saturated rings. The fraction of sp³-hybridized carbons (Fsp3) is 0.263. The normalized spacial score (nSPS) is 13.2. The second kappa shape index (κ2) is 7.65. The molecule has 4 rings (SSSR count). The molecule has 3 aromatic rings. The average Bonchev–Trinajstić information content (AvgIpc) is 3.21. The van der Waals surface area contributed by atoms with Gasteiger partial charge in [0.15, 0.2) is 5.65 Å². The number of aromatic nitrogens is 3. The molecule has 0 bridgehead atoms. The second-order valence-electron chi connectivity index (χ2n) is 6.56. The van der Waals surface area contributed by atoms with E-state index < -0.39 is 0 Å². The molecular weight excluding hydrogens is 360 g/mol. The smallest absolute Gasteiger partial charge is 0.322 e. The van der Waals surface area contributed by atoms with E-state index in [0.717, 1.165) is 23.0 Å². The van der Waals surface area contributed by atoms with Crippen LogP contribution in [-0.2, 0) is 13.0 Å². The Morgan fingerprint density at radius 2 is 2.18 bits per heavy atom. The zero-order chi connectivity index (χ0) is 19.5. The number of aliphatic hydroxyl groups excluding tert-OH is 1. The van der Waals surface area contributed by atoms with E-state index in [2.05, 4.69) is 25.8 Å². The topological polar surface area (TPSA) is 123 Å². The SMILES string of the molecule is O=C(NCCO)c1cccc(NC(=O)N2CCc3c(cnc4[nH]ncc34)C2)c1. The molecule has 1 aliphatic rings. The van der Waals surface area contributed by atoms with Gasteiger partial charge in [0.2, 0.25) is 0 Å². The molecule has 1 aliphatic heterocycles. The maximum Gasteiger partial charge on any atom is 0.322 e. The summed E-state index contributed by atoms with van der Waals surface area (Å²) in [6, 6.07) is 6.47. The van der Waals surface area contributed by atoms with Crippen LogP contribution in [0.2, 0.25) is 0 Å². The zero-order valence-electron chi connectivity index (χ0n) is 15.1. The highest BCUT2D eigenvalue weighted by Crippen LogP contribution is 2.25. The zero-order valence-corrected chi connectivity index (χ0v) is 15.1. The third kappa shape index (κ3) is 3.52. The summed E-state index contributed by atoms with van der Waals surface area (Å²) >= 11 is 0. The Bertz CT molecular complexity index is 1030. The van der Waals surface area contributed by atoms with Crippen molar-refractivity contribution < 1.29 is 14.7 Å². The van der Waals surface area contributed by atoms with Crippen molar-refractivity contribution in [1.29, 1.82) is 0 Å². The van der Waals surface area contributed by atoms with Crippen molar-refractivity contribution in [3.05, 3.63) is 53.3 Å². The molecule has 0 spiro atoms. The maximum absolute atomic E-state index is 12.7. The number of rotatable bonds is 4. The van der Waals surface area contributed by atoms with Crippen molar-refractivity contribution in [2.24, 2.45) is 0 Å². The lowest BCUT2D eigenvalue weighted by Crippen LogP contribution is -2.39. The first kappa shape index (κ1) is 17.9. The standard InChI is InChI=1S/C19H20N6O3/c26-7-5-20-18(27)12-2-1-3-14(8-12)23-19(28)25-6-4-15-13(11-25)9-21-17-16(15)10-22-24-17/h1-3,8-10,26H,4-7,11H2,(H,20,27)(H,23,28)(H,21,22,24). The van der Waals surface area contributed by atoms with Gasteiger partial charge in [0.25, 0.3) is 5.91 Å². The number of hydrogen-bond acceptors (Lipinski definition) is 5. The fourth-order valence-corrected chi connectivity index (χ4v) is 3.34. The van der Waals surface area contributed by atoms with Crippen LogP contribution in [0, 0.1) is 0 Å². The number of nitrogens with one attached hydrogen (secondary N) is 3. The molecule has 28 heavy (non-hydrogen) atoms. The summed E-state index contributed by atoms with van der Waals surface area (Å²) in [5.74, 6) is -0.299. The molecule has 144 valence electrons. The van der Waals surface area contributed by atoms with Gasteiger partial charge in [-0.1, -0.05) is 6.07 Å². The Morgan fingerprint density at radius 1 is 1.29 bits per heavy atom. The van der Waals surface area contributed by atoms with E-state index in [1.807, 2.05) is 0 Å². The molecule has 0 atom stereocenters. The number of carbonyl (C=O) groups is 2. The number of pyridine rings is 1. The van der Waals surface area contributed by atoms with Gasteiger partial charge in [-0.25, -0.2) is 9.78 Å². The van der Waals surface area contributed by atoms with Crippen LogP contribution in [0.4, 0.5) is 10.5 Å². The van der Waals surface area contributed by atoms with Gasteiger partial charge in [-0.2, -0.15) is 5.10 Å². The summed E-state index contributed by atoms with van der Waals surface area (Å²) in [5.41, 5.74) is 3.89. The number of fused-ring (bicyclic) bond motifs is 3. The summed E-state index contributed by atoms with van der Waals surface area (Å²) in [5, 5.41) is 22.1. The molecular formula is C19H20N6O3. The highest BCUT2D eigenvalue weighted by atomic mass is 16.3. The maximum atomic E-state index is 12.7. The predicted octanol–water partition coefficient (Wildman–Crippen LogP) is 1.27. The molecule has 0 radical (unpaired) electrons. The van der Waals surface area contributed by atoms with Crippen molar-refractivity contribution in [3.8, 4) is 0 Å². The van der Waals surface area contributed by atoms with E-state index in [1.54, 1.807) is 41.6 Å². The van der Waals surface area contributed by atoms with Crippen LogP contribution in [0.3, 0.4) is 0 Å². The Morgan fingerprint density at radius 3 is 3.04 bits per heavy atom. The Labute approximate surface area is 160 Å². The molecule has 0 unspecified atom stereocenters. The number of carbonyl (C=O) groups excluding carboxylic acids is 2. The molecule has 0 saturated heterocycles. The molecule has 2 aromatic heterocycles. The number of anilines is 1. The third-order valence-electron chi connectivity index (χ3n) is 4.73. The average molecular weight is 380 g/mol. The van der Waals surface area contributed by atoms with Gasteiger partial charge in [-0.05, 0) is 35.7 Å². The van der Waals surface area contributed by atoms with Gasteiger partial charge in [-0.3, -0.25) is 9.89 Å². The van der Waals surface area contributed by atoms with Crippen LogP contribution in [0.25, 0.3) is 11.0 Å². The Hall–Kier alpha value is -3.46. The minimum atomic E-state index is -0.299. The minimum Gasteiger partial charge on any atom is -0.395 e. The van der Waals surface area contributed by atoms with Crippen LogP contribution < -0.4 is 10.6 Å². The summed E-state index contributed by atoms with van der Waals surface area (Å²) in [4.78, 5) is 30.8. The Kier molecular flexibility index (Phi) is 4.90. The number of amides is 3. The number of aromatic amines is 1. The summed E-state index contributed by atoms with van der Waals surface area (Å²) in [7, 11) is 0. The lowest BCUT2D eigenvalue weighted by atomic mass is 9.99. The first-order valence-corrected chi connectivity index (χ1v) is 9.00. The minimum absolute atomic E-state index is 0.126. The first-order valence-electron chi connectivity index (χ1n) is 9.00. The van der Waals surface area contributed by atoms with Crippen molar-refractivity contribution in [2.45, 2.75) is 13.0 Å². The van der Waals surface area contributed by atoms with Gasteiger partial charge in [-0.15, -0.1) is 0 Å². The van der Waals surface area contributed by atoms with Gasteiger partial charge in [0.1, 0.15) is 0 Å². The highest BCUT2D eigenvalue weighted by Gasteiger charge is 2.23. The van der Waals surface area contributed by atoms with E-state index in [1.165, 1.54) is 5.56 Å². The molecule has 3 heterocycles. The number of urea groups is 1. The van der Waals surface area contributed by atoms with Gasteiger partial charge in [0, 0.05) is 42.5 Å². The summed E-state index contributed by atoms with van der Waals surface area (Å²) < 4.78 is 0. The molecule has 3 amide bonds. The van der Waals surface area contributed by atoms with Crippen molar-refractivity contribution in [1.82, 2.24) is 25.4 Å². The molecule has 4 N–H and O–H groups in total. The lowest BCUT2D eigenvalue weighted by Gasteiger charge is -2.29. The van der Waals surface area contributed by atoms with Crippen LogP contribution in [-0.4, -0.2) is 56.8 Å². The number of benzene rings is 1. The van der Waals surface area contributed by atoms with Crippen LogP contribution in [0.1, 0.15) is 21.5 Å². The van der Waals surface area contributed by atoms with Crippen LogP contribution in [0.15, 0.2) is 36.7 Å². The predicted molar refractivity (Wildman–Crippen MR) is 103 cm³/mol. The fourth-order valence-electron chi connectivity index (χ4n) is 3.34. The lowest BCUT2D eigenvalue weighted by molar-refractivity contribution is 0.0944. The third-order valence-corrected chi connectivity index (χ3v) is 4.73. The monoisotopic (exact) mass is 380 g/mol. The molecule has 0 saturated carbocycles. The summed E-state index contributed by atoms with van der Waals surface area (Å²) in [6.07, 6.45) is 4.27. The van der Waals surface area contributed by atoms with Gasteiger partial charge in [0.05, 0.1) is 12.8 Å². The number of H-pyrrole nitrogens is 1. The van der Waals surface area contributed by atoms with E-state index >= 15 is 0 Å². The van der Waals surface area contributed by atoms with Crippen molar-refractivity contribution >= 4 is 28.7 Å². The van der Waals surface area contributed by atoms with Crippen molar-refractivity contribution in [3.63, 3.8) is 0 Å². The van der Waals surface area contributed by atoms with Gasteiger partial charge < -0.3 is 20.6 Å². The van der Waals surface area contributed by atoms with E-state index in [4.69, 9.17) is 5.11 Å². The molecule has 9 nitrogen and oxygen atoms in total. The van der Waals surface area contributed by atoms with E-state index in [0.29, 0.717) is 24.3 Å². The van der Waals surface area contributed by atoms with E-state index in [-0.39, 0.29) is 25.1 Å². The first-order chi connectivity index (χ1) is 13.7.